The van der Waals surface area contributed by atoms with Gasteiger partial charge < -0.3 is 5.32 Å². The summed E-state index contributed by atoms with van der Waals surface area (Å²) < 4.78 is 1.94. The highest BCUT2D eigenvalue weighted by molar-refractivity contribution is 7.99. The number of carbonyl (C=O) groups excluding carboxylic acids is 1. The van der Waals surface area contributed by atoms with Gasteiger partial charge in [0.25, 0.3) is 5.69 Å². The van der Waals surface area contributed by atoms with Crippen LogP contribution < -0.4 is 5.32 Å². The van der Waals surface area contributed by atoms with Crippen LogP contribution in [0.5, 0.6) is 0 Å². The Hall–Kier alpha value is -4.35. The summed E-state index contributed by atoms with van der Waals surface area (Å²) >= 11 is 2.63. The monoisotopic (exact) mass is 528 g/mol. The molecule has 0 fully saturated rings. The first-order valence-electron chi connectivity index (χ1n) is 11.2. The molecule has 2 heterocycles. The number of benzene rings is 3. The summed E-state index contributed by atoms with van der Waals surface area (Å²) in [7, 11) is 0. The van der Waals surface area contributed by atoms with Crippen molar-refractivity contribution in [1.29, 1.82) is 0 Å². The molecule has 1 amide bonds. The van der Waals surface area contributed by atoms with Crippen molar-refractivity contribution in [3.05, 3.63) is 112 Å². The Morgan fingerprint density at radius 3 is 2.51 bits per heavy atom. The number of non-ortho nitro benzene ring substituents is 1. The number of hydrogen-bond donors (Lipinski definition) is 1. The first-order chi connectivity index (χ1) is 18.1. The molecule has 0 radical (unpaired) electrons. The van der Waals surface area contributed by atoms with Gasteiger partial charge >= 0.3 is 0 Å². The number of rotatable bonds is 9. The lowest BCUT2D eigenvalue weighted by molar-refractivity contribution is -0.384. The van der Waals surface area contributed by atoms with Crippen LogP contribution in [0.1, 0.15) is 10.4 Å². The van der Waals surface area contributed by atoms with Crippen molar-refractivity contribution >= 4 is 39.8 Å². The Kier molecular flexibility index (Phi) is 7.33. The number of nitrogens with one attached hydrogen (secondary N) is 1. The molecule has 0 spiro atoms. The lowest BCUT2D eigenvalue weighted by Gasteiger charge is -2.10. The summed E-state index contributed by atoms with van der Waals surface area (Å²) in [5, 5.41) is 23.7. The molecule has 0 aliphatic heterocycles. The summed E-state index contributed by atoms with van der Waals surface area (Å²) in [6, 6.07) is 26.0. The highest BCUT2D eigenvalue weighted by Gasteiger charge is 2.17. The van der Waals surface area contributed by atoms with Gasteiger partial charge in [0.1, 0.15) is 0 Å². The Bertz CT molecular complexity index is 1540. The van der Waals surface area contributed by atoms with Gasteiger partial charge in [-0.05, 0) is 17.7 Å². The van der Waals surface area contributed by atoms with Crippen LogP contribution in [0.4, 0.5) is 10.8 Å². The van der Waals surface area contributed by atoms with E-state index in [0.717, 1.165) is 21.7 Å². The predicted molar refractivity (Wildman–Crippen MR) is 144 cm³/mol. The lowest BCUT2D eigenvalue weighted by atomic mass is 10.1. The van der Waals surface area contributed by atoms with Gasteiger partial charge in [-0.3, -0.25) is 19.5 Å². The van der Waals surface area contributed by atoms with Gasteiger partial charge in [-0.2, -0.15) is 0 Å². The fourth-order valence-corrected chi connectivity index (χ4v) is 5.28. The normalized spacial score (nSPS) is 10.8. The van der Waals surface area contributed by atoms with Gasteiger partial charge in [0.15, 0.2) is 16.1 Å². The zero-order valence-corrected chi connectivity index (χ0v) is 21.0. The molecule has 0 saturated carbocycles. The molecule has 5 rings (SSSR count). The molecule has 0 atom stereocenters. The van der Waals surface area contributed by atoms with E-state index in [2.05, 4.69) is 20.5 Å². The smallest absolute Gasteiger partial charge is 0.269 e. The number of carbonyl (C=O) groups is 1. The molecule has 0 unspecified atom stereocenters. The van der Waals surface area contributed by atoms with Crippen LogP contribution in [-0.2, 0) is 11.2 Å². The summed E-state index contributed by atoms with van der Waals surface area (Å²) in [6.07, 6.45) is 2.16. The molecule has 11 heteroatoms. The minimum atomic E-state index is -0.416. The average molecular weight is 529 g/mol. The van der Waals surface area contributed by atoms with E-state index in [4.69, 9.17) is 0 Å². The Morgan fingerprint density at radius 2 is 1.76 bits per heavy atom. The number of amides is 1. The minimum Gasteiger partial charge on any atom is -0.301 e. The zero-order valence-electron chi connectivity index (χ0n) is 19.4. The van der Waals surface area contributed by atoms with E-state index in [1.54, 1.807) is 18.3 Å². The highest BCUT2D eigenvalue weighted by Crippen LogP contribution is 2.28. The third-order valence-corrected chi connectivity index (χ3v) is 7.15. The van der Waals surface area contributed by atoms with Crippen LogP contribution in [-0.4, -0.2) is 36.3 Å². The number of thiazole rings is 1. The van der Waals surface area contributed by atoms with E-state index in [-0.39, 0.29) is 17.3 Å². The van der Waals surface area contributed by atoms with E-state index in [9.17, 15) is 14.9 Å². The Morgan fingerprint density at radius 1 is 1.00 bits per heavy atom. The first kappa shape index (κ1) is 24.3. The third kappa shape index (κ3) is 5.90. The highest BCUT2D eigenvalue weighted by atomic mass is 32.2. The molecule has 0 bridgehead atoms. The topological polar surface area (TPSA) is 116 Å². The number of thioether (sulfide) groups is 1. The number of aromatic nitrogens is 4. The second kappa shape index (κ2) is 11.1. The Balaban J connectivity index is 1.26. The molecule has 5 aromatic rings. The van der Waals surface area contributed by atoms with E-state index >= 15 is 0 Å². The minimum absolute atomic E-state index is 0.0475. The number of para-hydroxylation sites is 1. The molecular weight excluding hydrogens is 508 g/mol. The number of nitro groups is 1. The van der Waals surface area contributed by atoms with Gasteiger partial charge in [-0.25, -0.2) is 4.98 Å². The molecule has 2 aromatic heterocycles. The quantitative estimate of drug-likeness (QED) is 0.150. The number of anilines is 1. The maximum atomic E-state index is 12.7. The van der Waals surface area contributed by atoms with Gasteiger partial charge in [0.2, 0.25) is 5.91 Å². The number of nitro benzene ring substituents is 1. The zero-order chi connectivity index (χ0) is 25.6. The maximum Gasteiger partial charge on any atom is 0.269 e. The van der Waals surface area contributed by atoms with Crippen LogP contribution in [0.15, 0.2) is 96.3 Å². The van der Waals surface area contributed by atoms with Crippen LogP contribution in [0.3, 0.4) is 0 Å². The summed E-state index contributed by atoms with van der Waals surface area (Å²) in [5.41, 5.74) is 2.68. The fraction of sp³-hybridized carbons (Fsp3) is 0.0769. The molecule has 3 aromatic carbocycles. The van der Waals surface area contributed by atoms with Gasteiger partial charge in [0.05, 0.1) is 10.7 Å². The van der Waals surface area contributed by atoms with Crippen molar-refractivity contribution in [1.82, 2.24) is 19.7 Å². The molecule has 184 valence electrons. The standard InChI is InChI=1S/C26H20N6O3S2/c33-23(28-25-27-16-22(37-25)15-18-8-7-13-21(14-18)32(34)35)17-36-26-30-29-24(19-9-3-1-4-10-19)31(26)20-11-5-2-6-12-20/h1-14,16H,15,17H2,(H,27,28,33). The van der Waals surface area contributed by atoms with Gasteiger partial charge in [-0.15, -0.1) is 21.5 Å². The van der Waals surface area contributed by atoms with E-state index in [1.807, 2.05) is 71.3 Å². The molecular formula is C26H20N6O3S2. The second-order valence-electron chi connectivity index (χ2n) is 7.92. The van der Waals surface area contributed by atoms with E-state index in [0.29, 0.717) is 22.5 Å². The summed E-state index contributed by atoms with van der Waals surface area (Å²) in [6.45, 7) is 0. The van der Waals surface area contributed by atoms with Crippen molar-refractivity contribution in [3.8, 4) is 17.1 Å². The molecule has 0 aliphatic rings. The maximum absolute atomic E-state index is 12.7. The van der Waals surface area contributed by atoms with Crippen molar-refractivity contribution in [2.45, 2.75) is 11.6 Å². The number of hydrogen-bond acceptors (Lipinski definition) is 8. The number of nitrogens with zero attached hydrogens (tertiary/aromatic N) is 5. The van der Waals surface area contributed by atoms with Gasteiger partial charge in [-0.1, -0.05) is 72.4 Å². The van der Waals surface area contributed by atoms with E-state index in [1.165, 1.54) is 29.2 Å². The largest absolute Gasteiger partial charge is 0.301 e. The van der Waals surface area contributed by atoms with Crippen LogP contribution >= 0.6 is 23.1 Å². The van der Waals surface area contributed by atoms with Crippen molar-refractivity contribution in [2.24, 2.45) is 0 Å². The third-order valence-electron chi connectivity index (χ3n) is 5.31. The van der Waals surface area contributed by atoms with E-state index < -0.39 is 4.92 Å². The van der Waals surface area contributed by atoms with Crippen molar-refractivity contribution < 1.29 is 9.72 Å². The summed E-state index contributed by atoms with van der Waals surface area (Å²) in [5.74, 6) is 0.602. The predicted octanol–water partition coefficient (Wildman–Crippen LogP) is 5.62. The average Bonchev–Trinajstić information content (AvgIpc) is 3.55. The van der Waals surface area contributed by atoms with Crippen molar-refractivity contribution in [3.63, 3.8) is 0 Å². The second-order valence-corrected chi connectivity index (χ2v) is 9.97. The molecule has 0 saturated heterocycles. The van der Waals surface area contributed by atoms with Crippen LogP contribution in [0.25, 0.3) is 17.1 Å². The first-order valence-corrected chi connectivity index (χ1v) is 13.0. The fourth-order valence-electron chi connectivity index (χ4n) is 3.66. The molecule has 1 N–H and O–H groups in total. The van der Waals surface area contributed by atoms with Gasteiger partial charge in [0, 0.05) is 40.9 Å². The molecule has 0 aliphatic carbocycles. The Labute approximate surface area is 220 Å². The molecule has 37 heavy (non-hydrogen) atoms. The lowest BCUT2D eigenvalue weighted by Crippen LogP contribution is -2.14. The SMILES string of the molecule is O=C(CSc1nnc(-c2ccccc2)n1-c1ccccc1)Nc1ncc(Cc2cccc([N+](=O)[O-])c2)s1. The van der Waals surface area contributed by atoms with Crippen LogP contribution in [0, 0.1) is 10.1 Å². The van der Waals surface area contributed by atoms with Crippen molar-refractivity contribution in [2.75, 3.05) is 11.1 Å². The summed E-state index contributed by atoms with van der Waals surface area (Å²) in [4.78, 5) is 28.5. The molecule has 9 nitrogen and oxygen atoms in total. The van der Waals surface area contributed by atoms with Crippen LogP contribution in [0.2, 0.25) is 0 Å².